The Kier molecular flexibility index (Phi) is 11.9. The second-order valence-electron chi connectivity index (χ2n) is 9.46. The maximum Gasteiger partial charge on any atom is 0.325 e. The molecule has 1 saturated heterocycles. The molecule has 19 heteroatoms. The highest BCUT2D eigenvalue weighted by atomic mass is 31.2. The van der Waals surface area contributed by atoms with Gasteiger partial charge in [0.2, 0.25) is 34.8 Å². The molecule has 2 aromatic rings. The second kappa shape index (κ2) is 14.7. The normalized spacial score (nSPS) is 22.9. The Balaban J connectivity index is 1.37. The molecular formula is C23H29F5N3O10P. The van der Waals surface area contributed by atoms with E-state index in [1.165, 1.54) is 4.68 Å². The summed E-state index contributed by atoms with van der Waals surface area (Å²) in [7, 11) is -4.35. The smallest absolute Gasteiger partial charge is 0.325 e. The molecule has 236 valence electrons. The van der Waals surface area contributed by atoms with Crippen LogP contribution < -0.4 is 4.74 Å². The Hall–Kier alpha value is -2.57. The van der Waals surface area contributed by atoms with E-state index >= 15 is 0 Å². The molecular weight excluding hydrogens is 604 g/mol. The summed E-state index contributed by atoms with van der Waals surface area (Å²) in [6.07, 6.45) is -5.15. The highest BCUT2D eigenvalue weighted by Crippen LogP contribution is 2.37. The third-order valence-corrected chi connectivity index (χ3v) is 7.17. The fraction of sp³-hybridized carbons (Fsp3) is 0.609. The Morgan fingerprint density at radius 3 is 2.14 bits per heavy atom. The molecule has 0 amide bonds. The van der Waals surface area contributed by atoms with E-state index in [2.05, 4.69) is 15.0 Å². The molecule has 1 aromatic heterocycles. The van der Waals surface area contributed by atoms with Gasteiger partial charge >= 0.3 is 13.6 Å². The van der Waals surface area contributed by atoms with Crippen LogP contribution in [0.25, 0.3) is 0 Å². The zero-order chi connectivity index (χ0) is 31.2. The van der Waals surface area contributed by atoms with Crippen LogP contribution in [0, 0.1) is 29.1 Å². The number of hydrogen-bond acceptors (Lipinski definition) is 10. The highest BCUT2D eigenvalue weighted by molar-refractivity contribution is 7.51. The van der Waals surface area contributed by atoms with Crippen LogP contribution in [0.4, 0.5) is 22.0 Å². The van der Waals surface area contributed by atoms with Gasteiger partial charge in [0, 0.05) is 6.20 Å². The molecule has 0 saturated carbocycles. The quantitative estimate of drug-likeness (QED) is 0.0373. The summed E-state index contributed by atoms with van der Waals surface area (Å²) < 4.78 is 94.2. The molecule has 0 spiro atoms. The van der Waals surface area contributed by atoms with Crippen LogP contribution in [0.2, 0.25) is 0 Å². The zero-order valence-corrected chi connectivity index (χ0v) is 22.7. The molecule has 0 aliphatic carbocycles. The SMILES string of the molecule is O=C(CCOCCn1cc(CCC[C@H]2O[C@H](CCP(=O)(O)O)[C@@H](O)[C@H](O)[C@@H]2O)nn1)Oc1c(F)c(F)c(F)c(F)c1F. The first-order chi connectivity index (χ1) is 19.7. The lowest BCUT2D eigenvalue weighted by atomic mass is 9.91. The number of esters is 1. The Morgan fingerprint density at radius 2 is 1.52 bits per heavy atom. The van der Waals surface area contributed by atoms with Crippen molar-refractivity contribution in [2.24, 2.45) is 0 Å². The van der Waals surface area contributed by atoms with Gasteiger partial charge in [-0.2, -0.15) is 8.78 Å². The number of ether oxygens (including phenoxy) is 3. The van der Waals surface area contributed by atoms with Crippen molar-refractivity contribution < 1.29 is 70.6 Å². The molecule has 42 heavy (non-hydrogen) atoms. The van der Waals surface area contributed by atoms with Crippen molar-refractivity contribution in [3.8, 4) is 5.75 Å². The predicted molar refractivity (Wildman–Crippen MR) is 128 cm³/mol. The van der Waals surface area contributed by atoms with Gasteiger partial charge in [-0.15, -0.1) is 5.10 Å². The number of hydrogen-bond donors (Lipinski definition) is 5. The number of aryl methyl sites for hydroxylation is 1. The van der Waals surface area contributed by atoms with E-state index in [1.807, 2.05) is 0 Å². The van der Waals surface area contributed by atoms with Crippen molar-refractivity contribution in [2.45, 2.75) is 69.2 Å². The van der Waals surface area contributed by atoms with Crippen LogP contribution in [-0.4, -0.2) is 96.0 Å². The first-order valence-electron chi connectivity index (χ1n) is 12.6. The number of benzene rings is 1. The van der Waals surface area contributed by atoms with Gasteiger partial charge in [-0.3, -0.25) is 9.36 Å². The molecule has 1 aliphatic heterocycles. The van der Waals surface area contributed by atoms with Gasteiger partial charge in [-0.25, -0.2) is 17.9 Å². The van der Waals surface area contributed by atoms with Crippen LogP contribution in [0.3, 0.4) is 0 Å². The van der Waals surface area contributed by atoms with Crippen LogP contribution in [-0.2, 0) is 31.8 Å². The maximum atomic E-state index is 13.6. The fourth-order valence-corrected chi connectivity index (χ4v) is 4.69. The number of carbonyl (C=O) groups is 1. The average Bonchev–Trinajstić information content (AvgIpc) is 3.39. The van der Waals surface area contributed by atoms with Gasteiger partial charge in [0.1, 0.15) is 18.3 Å². The number of halogens is 5. The summed E-state index contributed by atoms with van der Waals surface area (Å²) in [5.41, 5.74) is 0.547. The highest BCUT2D eigenvalue weighted by Gasteiger charge is 2.43. The number of nitrogens with zero attached hydrogens (tertiary/aromatic N) is 3. The lowest BCUT2D eigenvalue weighted by Gasteiger charge is -2.41. The summed E-state index contributed by atoms with van der Waals surface area (Å²) in [5, 5.41) is 38.2. The first kappa shape index (κ1) is 33.9. The average molecular weight is 633 g/mol. The Bertz CT molecular complexity index is 1250. The number of aliphatic hydroxyl groups excluding tert-OH is 3. The van der Waals surface area contributed by atoms with E-state index in [0.29, 0.717) is 18.5 Å². The topological polar surface area (TPSA) is 194 Å². The number of rotatable bonds is 14. The monoisotopic (exact) mass is 633 g/mol. The molecule has 1 fully saturated rings. The van der Waals surface area contributed by atoms with Crippen LogP contribution >= 0.6 is 7.60 Å². The van der Waals surface area contributed by atoms with Crippen molar-refractivity contribution in [1.82, 2.24) is 15.0 Å². The standard InChI is InChI=1S/C23H29F5N3O10P/c24-15-16(25)18(27)23(19(28)17(15)26)41-14(32)4-7-39-8-6-31-10-11(29-30-31)2-1-3-12-20(33)22(35)21(34)13(40-12)5-9-42(36,37)38/h10,12-13,20-22,33-35H,1-9H2,(H2,36,37,38)/t12-,13-,20-,21-,22-/m1/s1. The largest absolute Gasteiger partial charge is 0.420 e. The van der Waals surface area contributed by atoms with Gasteiger partial charge in [0.25, 0.3) is 0 Å². The first-order valence-corrected chi connectivity index (χ1v) is 14.4. The lowest BCUT2D eigenvalue weighted by Crippen LogP contribution is -2.57. The molecule has 5 atom stereocenters. The van der Waals surface area contributed by atoms with E-state index in [9.17, 15) is 46.6 Å². The van der Waals surface area contributed by atoms with E-state index < -0.39 is 91.5 Å². The molecule has 1 aromatic carbocycles. The van der Waals surface area contributed by atoms with Gasteiger partial charge in [-0.1, -0.05) is 5.21 Å². The molecule has 0 bridgehead atoms. The summed E-state index contributed by atoms with van der Waals surface area (Å²) in [5.74, 6) is -14.4. The molecule has 5 N–H and O–H groups in total. The van der Waals surface area contributed by atoms with Crippen molar-refractivity contribution in [1.29, 1.82) is 0 Å². The lowest BCUT2D eigenvalue weighted by molar-refractivity contribution is -0.223. The van der Waals surface area contributed by atoms with E-state index in [4.69, 9.17) is 19.3 Å². The third-order valence-electron chi connectivity index (χ3n) is 6.32. The van der Waals surface area contributed by atoms with Crippen LogP contribution in [0.1, 0.15) is 31.4 Å². The van der Waals surface area contributed by atoms with E-state index in [1.54, 1.807) is 6.20 Å². The van der Waals surface area contributed by atoms with Gasteiger partial charge < -0.3 is 39.3 Å². The van der Waals surface area contributed by atoms with Gasteiger partial charge in [0.05, 0.1) is 50.2 Å². The minimum absolute atomic E-state index is 0.0108. The minimum Gasteiger partial charge on any atom is -0.420 e. The Labute approximate surface area is 235 Å². The van der Waals surface area contributed by atoms with Crippen LogP contribution in [0.15, 0.2) is 6.20 Å². The maximum absolute atomic E-state index is 13.6. The summed E-state index contributed by atoms with van der Waals surface area (Å²) in [6, 6.07) is 0. The van der Waals surface area contributed by atoms with Gasteiger partial charge in [0.15, 0.2) is 0 Å². The Morgan fingerprint density at radius 1 is 0.929 bits per heavy atom. The molecule has 1 aliphatic rings. The number of aromatic nitrogens is 3. The van der Waals surface area contributed by atoms with Crippen molar-refractivity contribution in [3.05, 3.63) is 41.0 Å². The van der Waals surface area contributed by atoms with Gasteiger partial charge in [-0.05, 0) is 25.7 Å². The molecule has 0 radical (unpaired) electrons. The van der Waals surface area contributed by atoms with E-state index in [-0.39, 0.29) is 32.6 Å². The molecule has 3 rings (SSSR count). The summed E-state index contributed by atoms with van der Waals surface area (Å²) in [4.78, 5) is 29.8. The molecule has 2 heterocycles. The minimum atomic E-state index is -4.35. The summed E-state index contributed by atoms with van der Waals surface area (Å²) in [6.45, 7) is -0.110. The molecule has 13 nitrogen and oxygen atoms in total. The zero-order valence-electron chi connectivity index (χ0n) is 21.8. The summed E-state index contributed by atoms with van der Waals surface area (Å²) >= 11 is 0. The van der Waals surface area contributed by atoms with E-state index in [0.717, 1.165) is 0 Å². The fourth-order valence-electron chi connectivity index (χ4n) is 4.10. The van der Waals surface area contributed by atoms with Crippen LogP contribution in [0.5, 0.6) is 5.75 Å². The van der Waals surface area contributed by atoms with Crippen molar-refractivity contribution in [2.75, 3.05) is 19.4 Å². The number of carbonyl (C=O) groups excluding carboxylic acids is 1. The third kappa shape index (κ3) is 8.97. The second-order valence-corrected chi connectivity index (χ2v) is 11.2. The number of aliphatic hydroxyl groups is 3. The van der Waals surface area contributed by atoms with Crippen molar-refractivity contribution in [3.63, 3.8) is 0 Å². The predicted octanol–water partition coefficient (Wildman–Crippen LogP) is 0.726. The molecule has 0 unspecified atom stereocenters. The van der Waals surface area contributed by atoms with Crippen molar-refractivity contribution >= 4 is 13.6 Å².